The second-order valence-electron chi connectivity index (χ2n) is 4.39. The number of carbonyl (C=O) groups excluding carboxylic acids is 1. The summed E-state index contributed by atoms with van der Waals surface area (Å²) in [6.45, 7) is 5.01. The van der Waals surface area contributed by atoms with Gasteiger partial charge in [0.05, 0.1) is 9.72 Å². The fraction of sp³-hybridized carbons (Fsp3) is 0.583. The van der Waals surface area contributed by atoms with Gasteiger partial charge in [-0.3, -0.25) is 4.79 Å². The highest BCUT2D eigenvalue weighted by atomic mass is 79.9. The van der Waals surface area contributed by atoms with E-state index in [1.165, 1.54) is 0 Å². The summed E-state index contributed by atoms with van der Waals surface area (Å²) in [6, 6.07) is 0. The SMILES string of the molecule is CS[C@H](C)C(=O)N1CCN(c2ncc(Br)cn2)CC1. The molecule has 1 saturated heterocycles. The van der Waals surface area contributed by atoms with Crippen LogP contribution in [0.1, 0.15) is 6.92 Å². The third-order valence-electron chi connectivity index (χ3n) is 3.18. The van der Waals surface area contributed by atoms with E-state index in [0.29, 0.717) is 0 Å². The van der Waals surface area contributed by atoms with Gasteiger partial charge in [-0.1, -0.05) is 0 Å². The van der Waals surface area contributed by atoms with Crippen molar-refractivity contribution in [3.05, 3.63) is 16.9 Å². The normalized spacial score (nSPS) is 17.4. The van der Waals surface area contributed by atoms with Crippen LogP contribution in [0.2, 0.25) is 0 Å². The number of anilines is 1. The number of hydrogen-bond acceptors (Lipinski definition) is 5. The van der Waals surface area contributed by atoms with Crippen molar-refractivity contribution >= 4 is 39.5 Å². The quantitative estimate of drug-likeness (QED) is 0.834. The largest absolute Gasteiger partial charge is 0.338 e. The molecule has 0 saturated carbocycles. The van der Waals surface area contributed by atoms with Crippen LogP contribution in [0.15, 0.2) is 16.9 Å². The van der Waals surface area contributed by atoms with E-state index >= 15 is 0 Å². The minimum Gasteiger partial charge on any atom is -0.338 e. The molecule has 0 N–H and O–H groups in total. The molecule has 1 aromatic heterocycles. The molecule has 2 rings (SSSR count). The van der Waals surface area contributed by atoms with E-state index in [1.54, 1.807) is 24.2 Å². The maximum Gasteiger partial charge on any atom is 0.235 e. The van der Waals surface area contributed by atoms with Crippen molar-refractivity contribution in [2.24, 2.45) is 0 Å². The van der Waals surface area contributed by atoms with E-state index in [0.717, 1.165) is 36.6 Å². The number of hydrogen-bond donors (Lipinski definition) is 0. The average Bonchev–Trinajstić information content (AvgIpc) is 2.46. The molecule has 1 aromatic rings. The summed E-state index contributed by atoms with van der Waals surface area (Å²) < 4.78 is 0.874. The molecule has 1 aliphatic rings. The summed E-state index contributed by atoms with van der Waals surface area (Å²) in [4.78, 5) is 24.7. The summed E-state index contributed by atoms with van der Waals surface area (Å²) in [5, 5.41) is 0.0375. The van der Waals surface area contributed by atoms with Gasteiger partial charge in [0.25, 0.3) is 0 Å². The second kappa shape index (κ2) is 6.56. The molecule has 0 aliphatic carbocycles. The number of piperazine rings is 1. The van der Waals surface area contributed by atoms with Crippen LogP contribution >= 0.6 is 27.7 Å². The molecular formula is C12H17BrN4OS. The maximum absolute atomic E-state index is 12.1. The number of halogens is 1. The lowest BCUT2D eigenvalue weighted by atomic mass is 10.3. The third-order valence-corrected chi connectivity index (χ3v) is 4.50. The topological polar surface area (TPSA) is 49.3 Å². The molecule has 0 bridgehead atoms. The zero-order valence-corrected chi connectivity index (χ0v) is 13.4. The lowest BCUT2D eigenvalue weighted by Crippen LogP contribution is -2.51. The predicted molar refractivity (Wildman–Crippen MR) is 81.5 cm³/mol. The fourth-order valence-electron chi connectivity index (χ4n) is 1.95. The lowest BCUT2D eigenvalue weighted by Gasteiger charge is -2.35. The number of nitrogens with zero attached hydrogens (tertiary/aromatic N) is 4. The van der Waals surface area contributed by atoms with Gasteiger partial charge in [0, 0.05) is 38.6 Å². The van der Waals surface area contributed by atoms with Crippen molar-refractivity contribution in [2.75, 3.05) is 37.3 Å². The second-order valence-corrected chi connectivity index (χ2v) is 6.49. The average molecular weight is 345 g/mol. The highest BCUT2D eigenvalue weighted by molar-refractivity contribution is 9.10. The zero-order chi connectivity index (χ0) is 13.8. The first kappa shape index (κ1) is 14.6. The summed E-state index contributed by atoms with van der Waals surface area (Å²) in [7, 11) is 0. The van der Waals surface area contributed by atoms with Gasteiger partial charge in [-0.25, -0.2) is 9.97 Å². The van der Waals surface area contributed by atoms with Crippen LogP contribution in [-0.4, -0.2) is 58.5 Å². The van der Waals surface area contributed by atoms with Gasteiger partial charge < -0.3 is 9.80 Å². The number of aromatic nitrogens is 2. The number of carbonyl (C=O) groups is 1. The monoisotopic (exact) mass is 344 g/mol. The third kappa shape index (κ3) is 3.60. The molecule has 19 heavy (non-hydrogen) atoms. The first-order valence-electron chi connectivity index (χ1n) is 6.16. The summed E-state index contributed by atoms with van der Waals surface area (Å²) >= 11 is 4.91. The molecule has 1 aliphatic heterocycles. The van der Waals surface area contributed by atoms with Gasteiger partial charge in [-0.15, -0.1) is 0 Å². The first-order valence-corrected chi connectivity index (χ1v) is 8.24. The van der Waals surface area contributed by atoms with Crippen LogP contribution in [-0.2, 0) is 4.79 Å². The van der Waals surface area contributed by atoms with Gasteiger partial charge in [-0.2, -0.15) is 11.8 Å². The molecular weight excluding hydrogens is 328 g/mol. The molecule has 0 unspecified atom stereocenters. The molecule has 0 spiro atoms. The van der Waals surface area contributed by atoms with E-state index in [-0.39, 0.29) is 11.2 Å². The Labute approximate surface area is 125 Å². The Morgan fingerprint density at radius 3 is 2.42 bits per heavy atom. The number of rotatable bonds is 3. The van der Waals surface area contributed by atoms with Crippen LogP contribution in [0.4, 0.5) is 5.95 Å². The van der Waals surface area contributed by atoms with Crippen LogP contribution in [0.25, 0.3) is 0 Å². The predicted octanol–water partition coefficient (Wildman–Crippen LogP) is 1.64. The molecule has 1 amide bonds. The molecule has 5 nitrogen and oxygen atoms in total. The Hall–Kier alpha value is -0.820. The van der Waals surface area contributed by atoms with E-state index in [4.69, 9.17) is 0 Å². The molecule has 7 heteroatoms. The van der Waals surface area contributed by atoms with Crippen LogP contribution < -0.4 is 4.90 Å². The highest BCUT2D eigenvalue weighted by Crippen LogP contribution is 2.15. The van der Waals surface area contributed by atoms with Crippen molar-refractivity contribution < 1.29 is 4.79 Å². The standard InChI is InChI=1S/C12H17BrN4OS/c1-9(19-2)11(18)16-3-5-17(6-4-16)12-14-7-10(13)8-15-12/h7-9H,3-6H2,1-2H3/t9-/m1/s1. The van der Waals surface area contributed by atoms with E-state index in [2.05, 4.69) is 30.8 Å². The Morgan fingerprint density at radius 1 is 1.32 bits per heavy atom. The Morgan fingerprint density at radius 2 is 1.89 bits per heavy atom. The van der Waals surface area contributed by atoms with Crippen LogP contribution in [0, 0.1) is 0 Å². The number of thioether (sulfide) groups is 1. The molecule has 0 aromatic carbocycles. The van der Waals surface area contributed by atoms with Gasteiger partial charge in [0.1, 0.15) is 0 Å². The van der Waals surface area contributed by atoms with Crippen molar-refractivity contribution in [1.82, 2.24) is 14.9 Å². The van der Waals surface area contributed by atoms with E-state index in [1.807, 2.05) is 18.1 Å². The maximum atomic E-state index is 12.1. The van der Waals surface area contributed by atoms with E-state index in [9.17, 15) is 4.79 Å². The Bertz CT molecular complexity index is 434. The van der Waals surface area contributed by atoms with E-state index < -0.39 is 0 Å². The summed E-state index contributed by atoms with van der Waals surface area (Å²) in [5.74, 6) is 0.956. The highest BCUT2D eigenvalue weighted by Gasteiger charge is 2.25. The van der Waals surface area contributed by atoms with Crippen LogP contribution in [0.3, 0.4) is 0 Å². The van der Waals surface area contributed by atoms with Crippen molar-refractivity contribution in [3.8, 4) is 0 Å². The summed E-state index contributed by atoms with van der Waals surface area (Å²) in [6.07, 6.45) is 5.46. The summed E-state index contributed by atoms with van der Waals surface area (Å²) in [5.41, 5.74) is 0. The zero-order valence-electron chi connectivity index (χ0n) is 11.0. The Kier molecular flexibility index (Phi) is 5.04. The molecule has 0 radical (unpaired) electrons. The molecule has 1 fully saturated rings. The molecule has 104 valence electrons. The Balaban J connectivity index is 1.92. The van der Waals surface area contributed by atoms with Crippen LogP contribution in [0.5, 0.6) is 0 Å². The fourth-order valence-corrected chi connectivity index (χ4v) is 2.51. The lowest BCUT2D eigenvalue weighted by molar-refractivity contribution is -0.130. The van der Waals surface area contributed by atoms with Crippen molar-refractivity contribution in [1.29, 1.82) is 0 Å². The number of amides is 1. The van der Waals surface area contributed by atoms with Gasteiger partial charge in [0.2, 0.25) is 11.9 Å². The minimum atomic E-state index is 0.0375. The molecule has 2 heterocycles. The van der Waals surface area contributed by atoms with Crippen molar-refractivity contribution in [3.63, 3.8) is 0 Å². The van der Waals surface area contributed by atoms with Crippen molar-refractivity contribution in [2.45, 2.75) is 12.2 Å². The van der Waals surface area contributed by atoms with Gasteiger partial charge >= 0.3 is 0 Å². The minimum absolute atomic E-state index is 0.0375. The smallest absolute Gasteiger partial charge is 0.235 e. The van der Waals surface area contributed by atoms with Gasteiger partial charge in [0.15, 0.2) is 0 Å². The van der Waals surface area contributed by atoms with Gasteiger partial charge in [-0.05, 0) is 29.1 Å². The first-order chi connectivity index (χ1) is 9.11. The molecule has 1 atom stereocenters.